The molecule has 1 saturated heterocycles. The first-order chi connectivity index (χ1) is 12.6. The van der Waals surface area contributed by atoms with Gasteiger partial charge in [0.15, 0.2) is 5.82 Å². The van der Waals surface area contributed by atoms with Crippen LogP contribution in [-0.2, 0) is 0 Å². The fourth-order valence-electron chi connectivity index (χ4n) is 3.70. The van der Waals surface area contributed by atoms with Gasteiger partial charge in [0, 0.05) is 24.6 Å². The standard InChI is InChI=1S/C21H21N3O2/c1-14-8-6-7-11-17(14)21(25)24-12-18(16-9-4-3-5-10-16)19(13-24)20-22-15(2)23-26-20/h3-11,18-19H,12-13H2,1-2H3/t18-,19+/m1/s1. The summed E-state index contributed by atoms with van der Waals surface area (Å²) in [5.74, 6) is 1.44. The molecule has 0 unspecified atom stereocenters. The molecule has 0 saturated carbocycles. The van der Waals surface area contributed by atoms with Gasteiger partial charge in [-0.15, -0.1) is 0 Å². The highest BCUT2D eigenvalue weighted by Gasteiger charge is 2.40. The maximum Gasteiger partial charge on any atom is 0.254 e. The third-order valence-corrected chi connectivity index (χ3v) is 5.07. The molecule has 0 aliphatic carbocycles. The molecular weight excluding hydrogens is 326 g/mol. The van der Waals surface area contributed by atoms with Gasteiger partial charge in [-0.1, -0.05) is 53.7 Å². The summed E-state index contributed by atoms with van der Waals surface area (Å²) in [6.07, 6.45) is 0. The molecule has 4 rings (SSSR count). The number of aryl methyl sites for hydroxylation is 2. The van der Waals surface area contributed by atoms with Gasteiger partial charge in [0.1, 0.15) is 0 Å². The smallest absolute Gasteiger partial charge is 0.254 e. The molecule has 1 aliphatic heterocycles. The molecule has 1 aliphatic rings. The molecule has 1 amide bonds. The molecule has 0 spiro atoms. The van der Waals surface area contributed by atoms with Crippen molar-refractivity contribution >= 4 is 5.91 Å². The van der Waals surface area contributed by atoms with Crippen molar-refractivity contribution in [3.05, 3.63) is 83.0 Å². The summed E-state index contributed by atoms with van der Waals surface area (Å²) >= 11 is 0. The summed E-state index contributed by atoms with van der Waals surface area (Å²) in [7, 11) is 0. The Hall–Kier alpha value is -2.95. The van der Waals surface area contributed by atoms with Crippen LogP contribution in [0.2, 0.25) is 0 Å². The summed E-state index contributed by atoms with van der Waals surface area (Å²) in [6.45, 7) is 5.00. The van der Waals surface area contributed by atoms with Gasteiger partial charge < -0.3 is 9.42 Å². The summed E-state index contributed by atoms with van der Waals surface area (Å²) < 4.78 is 5.46. The highest BCUT2D eigenvalue weighted by Crippen LogP contribution is 2.39. The van der Waals surface area contributed by atoms with E-state index in [-0.39, 0.29) is 17.7 Å². The molecule has 26 heavy (non-hydrogen) atoms. The lowest BCUT2D eigenvalue weighted by Crippen LogP contribution is -2.29. The summed E-state index contributed by atoms with van der Waals surface area (Å²) in [6, 6.07) is 18.0. The van der Waals surface area contributed by atoms with E-state index in [0.29, 0.717) is 24.8 Å². The molecule has 0 bridgehead atoms. The van der Waals surface area contributed by atoms with E-state index in [1.165, 1.54) is 5.56 Å². The zero-order chi connectivity index (χ0) is 18.1. The van der Waals surface area contributed by atoms with E-state index < -0.39 is 0 Å². The zero-order valence-corrected chi connectivity index (χ0v) is 14.9. The lowest BCUT2D eigenvalue weighted by Gasteiger charge is -2.17. The molecule has 3 aromatic rings. The Morgan fingerprint density at radius 1 is 1.00 bits per heavy atom. The van der Waals surface area contributed by atoms with Crippen molar-refractivity contribution in [1.29, 1.82) is 0 Å². The number of amides is 1. The van der Waals surface area contributed by atoms with E-state index in [0.717, 1.165) is 11.1 Å². The minimum atomic E-state index is 0.00608. The third kappa shape index (κ3) is 3.01. The van der Waals surface area contributed by atoms with Crippen LogP contribution >= 0.6 is 0 Å². The Morgan fingerprint density at radius 3 is 2.38 bits per heavy atom. The van der Waals surface area contributed by atoms with E-state index >= 15 is 0 Å². The summed E-state index contributed by atoms with van der Waals surface area (Å²) in [4.78, 5) is 19.4. The third-order valence-electron chi connectivity index (χ3n) is 5.07. The number of carbonyl (C=O) groups is 1. The SMILES string of the molecule is Cc1noc([C@H]2CN(C(=O)c3ccccc3C)C[C@@H]2c2ccccc2)n1. The lowest BCUT2D eigenvalue weighted by molar-refractivity contribution is 0.0787. The second-order valence-electron chi connectivity index (χ2n) is 6.83. The summed E-state index contributed by atoms with van der Waals surface area (Å²) in [5.41, 5.74) is 2.93. The lowest BCUT2D eigenvalue weighted by atomic mass is 9.89. The average Bonchev–Trinajstić information content (AvgIpc) is 3.29. The topological polar surface area (TPSA) is 59.2 Å². The van der Waals surface area contributed by atoms with Gasteiger partial charge in [-0.2, -0.15) is 4.98 Å². The Balaban J connectivity index is 1.67. The van der Waals surface area contributed by atoms with Gasteiger partial charge in [-0.05, 0) is 31.0 Å². The minimum absolute atomic E-state index is 0.00608. The molecule has 5 heteroatoms. The summed E-state index contributed by atoms with van der Waals surface area (Å²) in [5, 5.41) is 3.94. The number of rotatable bonds is 3. The fraction of sp³-hybridized carbons (Fsp3) is 0.286. The van der Waals surface area contributed by atoms with Gasteiger partial charge in [0.2, 0.25) is 5.89 Å². The number of hydrogen-bond donors (Lipinski definition) is 0. The van der Waals surface area contributed by atoms with E-state index in [1.807, 2.05) is 61.2 Å². The maximum absolute atomic E-state index is 13.1. The molecule has 2 atom stereocenters. The average molecular weight is 347 g/mol. The predicted molar refractivity (Wildman–Crippen MR) is 98.0 cm³/mol. The van der Waals surface area contributed by atoms with Crippen molar-refractivity contribution in [3.8, 4) is 0 Å². The van der Waals surface area contributed by atoms with Gasteiger partial charge in [-0.3, -0.25) is 4.79 Å². The number of benzene rings is 2. The van der Waals surface area contributed by atoms with E-state index in [1.54, 1.807) is 0 Å². The number of hydrogen-bond acceptors (Lipinski definition) is 4. The van der Waals surface area contributed by atoms with Crippen molar-refractivity contribution in [2.75, 3.05) is 13.1 Å². The molecule has 132 valence electrons. The van der Waals surface area contributed by atoms with Crippen molar-refractivity contribution in [3.63, 3.8) is 0 Å². The number of carbonyl (C=O) groups excluding carboxylic acids is 1. The van der Waals surface area contributed by atoms with Crippen LogP contribution in [-0.4, -0.2) is 34.0 Å². The van der Waals surface area contributed by atoms with Crippen LogP contribution < -0.4 is 0 Å². The Morgan fingerprint density at radius 2 is 1.69 bits per heavy atom. The van der Waals surface area contributed by atoms with Crippen molar-refractivity contribution in [2.45, 2.75) is 25.7 Å². The van der Waals surface area contributed by atoms with Crippen molar-refractivity contribution in [2.24, 2.45) is 0 Å². The first kappa shape index (κ1) is 16.5. The Kier molecular flexibility index (Phi) is 4.29. The molecule has 0 N–H and O–H groups in total. The molecule has 5 nitrogen and oxygen atoms in total. The van der Waals surface area contributed by atoms with Gasteiger partial charge >= 0.3 is 0 Å². The van der Waals surface area contributed by atoms with Crippen LogP contribution in [0.5, 0.6) is 0 Å². The van der Waals surface area contributed by atoms with Crippen LogP contribution in [0, 0.1) is 13.8 Å². The van der Waals surface area contributed by atoms with Crippen LogP contribution in [0.1, 0.15) is 45.0 Å². The Bertz CT molecular complexity index is 920. The highest BCUT2D eigenvalue weighted by molar-refractivity contribution is 5.96. The molecule has 1 fully saturated rings. The van der Waals surface area contributed by atoms with E-state index in [4.69, 9.17) is 4.52 Å². The Labute approximate surface area is 152 Å². The number of nitrogens with zero attached hydrogens (tertiary/aromatic N) is 3. The van der Waals surface area contributed by atoms with Gasteiger partial charge in [0.05, 0.1) is 5.92 Å². The van der Waals surface area contributed by atoms with Crippen molar-refractivity contribution in [1.82, 2.24) is 15.0 Å². The first-order valence-corrected chi connectivity index (χ1v) is 8.83. The van der Waals surface area contributed by atoms with Crippen molar-refractivity contribution < 1.29 is 9.32 Å². The minimum Gasteiger partial charge on any atom is -0.339 e. The van der Waals surface area contributed by atoms with Gasteiger partial charge in [-0.25, -0.2) is 0 Å². The van der Waals surface area contributed by atoms with E-state index in [9.17, 15) is 4.79 Å². The molecule has 2 aromatic carbocycles. The highest BCUT2D eigenvalue weighted by atomic mass is 16.5. The molecule has 1 aromatic heterocycles. The van der Waals surface area contributed by atoms with Crippen LogP contribution in [0.3, 0.4) is 0 Å². The first-order valence-electron chi connectivity index (χ1n) is 8.83. The number of aromatic nitrogens is 2. The predicted octanol–water partition coefficient (Wildman–Crippen LogP) is 3.71. The van der Waals surface area contributed by atoms with Crippen LogP contribution in [0.25, 0.3) is 0 Å². The molecule has 0 radical (unpaired) electrons. The maximum atomic E-state index is 13.1. The molecule has 2 heterocycles. The van der Waals surface area contributed by atoms with Gasteiger partial charge in [0.25, 0.3) is 5.91 Å². The second-order valence-corrected chi connectivity index (χ2v) is 6.83. The monoisotopic (exact) mass is 347 g/mol. The van der Waals surface area contributed by atoms with Crippen LogP contribution in [0.4, 0.5) is 0 Å². The number of likely N-dealkylation sites (tertiary alicyclic amines) is 1. The largest absolute Gasteiger partial charge is 0.339 e. The van der Waals surface area contributed by atoms with E-state index in [2.05, 4.69) is 22.3 Å². The zero-order valence-electron chi connectivity index (χ0n) is 14.9. The van der Waals surface area contributed by atoms with Crippen LogP contribution in [0.15, 0.2) is 59.1 Å². The fourth-order valence-corrected chi connectivity index (χ4v) is 3.70. The molecular formula is C21H21N3O2. The second kappa shape index (κ2) is 6.75. The quantitative estimate of drug-likeness (QED) is 0.725. The normalized spacial score (nSPS) is 19.7.